The molecule has 4 heteroatoms. The van der Waals surface area contributed by atoms with Crippen molar-refractivity contribution >= 4 is 26.8 Å². The average Bonchev–Trinajstić information content (AvgIpc) is 3.02. The molecule has 112 valence electrons. The lowest BCUT2D eigenvalue weighted by molar-refractivity contribution is 0.768. The van der Waals surface area contributed by atoms with E-state index in [1.807, 2.05) is 36.4 Å². The van der Waals surface area contributed by atoms with E-state index in [-0.39, 0.29) is 0 Å². The fraction of sp³-hybridized carbons (Fsp3) is 0.0526. The Morgan fingerprint density at radius 3 is 2.26 bits per heavy atom. The lowest BCUT2D eigenvalue weighted by Crippen LogP contribution is -1.84. The van der Waals surface area contributed by atoms with Gasteiger partial charge in [0.15, 0.2) is 0 Å². The number of aromatic nitrogens is 3. The predicted molar refractivity (Wildman–Crippen MR) is 97.1 cm³/mol. The molecule has 0 aliphatic carbocycles. The van der Waals surface area contributed by atoms with Crippen LogP contribution in [0.5, 0.6) is 0 Å². The molecule has 0 amide bonds. The third-order valence-corrected chi connectivity index (χ3v) is 4.64. The normalized spacial score (nSPS) is 11.0. The van der Waals surface area contributed by atoms with Crippen LogP contribution in [0.4, 0.5) is 0 Å². The average molecular weight is 364 g/mol. The van der Waals surface area contributed by atoms with Gasteiger partial charge in [-0.25, -0.2) is 0 Å². The summed E-state index contributed by atoms with van der Waals surface area (Å²) in [6, 6.07) is 16.9. The SMILES string of the molecule is Cn1cc(-c2ccc(-c3ccc4nccc(Br)c4c3)cc2)cn1. The van der Waals surface area contributed by atoms with E-state index in [1.54, 1.807) is 0 Å². The standard InChI is InChI=1S/C19H14BrN3/c1-23-12-16(11-22-23)14-4-2-13(3-5-14)15-6-7-19-17(10-15)18(20)8-9-21-19/h2-12H,1H3. The Morgan fingerprint density at radius 2 is 1.57 bits per heavy atom. The molecule has 4 rings (SSSR count). The van der Waals surface area contributed by atoms with Gasteiger partial charge in [-0.05, 0) is 34.9 Å². The summed E-state index contributed by atoms with van der Waals surface area (Å²) in [6.07, 6.45) is 5.72. The van der Waals surface area contributed by atoms with E-state index in [2.05, 4.69) is 68.5 Å². The van der Waals surface area contributed by atoms with Crippen molar-refractivity contribution in [2.75, 3.05) is 0 Å². The first-order valence-electron chi connectivity index (χ1n) is 7.34. The zero-order valence-corrected chi connectivity index (χ0v) is 14.2. The largest absolute Gasteiger partial charge is 0.275 e. The van der Waals surface area contributed by atoms with Gasteiger partial charge in [0, 0.05) is 34.9 Å². The second-order valence-electron chi connectivity index (χ2n) is 5.50. The van der Waals surface area contributed by atoms with Crippen molar-refractivity contribution in [3.8, 4) is 22.3 Å². The minimum Gasteiger partial charge on any atom is -0.275 e. The van der Waals surface area contributed by atoms with Crippen molar-refractivity contribution in [1.82, 2.24) is 14.8 Å². The Labute approximate surface area is 142 Å². The van der Waals surface area contributed by atoms with Crippen LogP contribution in [0.3, 0.4) is 0 Å². The van der Waals surface area contributed by atoms with Gasteiger partial charge in [-0.2, -0.15) is 5.10 Å². The first-order chi connectivity index (χ1) is 11.2. The van der Waals surface area contributed by atoms with Crippen molar-refractivity contribution in [1.29, 1.82) is 0 Å². The van der Waals surface area contributed by atoms with Gasteiger partial charge in [0.1, 0.15) is 0 Å². The lowest BCUT2D eigenvalue weighted by Gasteiger charge is -2.06. The number of halogens is 1. The molecule has 0 spiro atoms. The second-order valence-corrected chi connectivity index (χ2v) is 6.36. The Hall–Kier alpha value is -2.46. The molecule has 0 saturated carbocycles. The number of fused-ring (bicyclic) bond motifs is 1. The van der Waals surface area contributed by atoms with E-state index in [4.69, 9.17) is 0 Å². The maximum Gasteiger partial charge on any atom is 0.0713 e. The first-order valence-corrected chi connectivity index (χ1v) is 8.14. The van der Waals surface area contributed by atoms with E-state index in [0.717, 1.165) is 20.9 Å². The van der Waals surface area contributed by atoms with Gasteiger partial charge in [0.2, 0.25) is 0 Å². The van der Waals surface area contributed by atoms with Crippen LogP contribution < -0.4 is 0 Å². The number of rotatable bonds is 2. The van der Waals surface area contributed by atoms with Crippen molar-refractivity contribution in [2.24, 2.45) is 7.05 Å². The molecule has 0 N–H and O–H groups in total. The van der Waals surface area contributed by atoms with Crippen molar-refractivity contribution in [3.05, 3.63) is 71.6 Å². The molecule has 0 unspecified atom stereocenters. The number of hydrogen-bond donors (Lipinski definition) is 0. The number of nitrogens with zero attached hydrogens (tertiary/aromatic N) is 3. The number of pyridine rings is 1. The molecule has 23 heavy (non-hydrogen) atoms. The zero-order chi connectivity index (χ0) is 15.8. The van der Waals surface area contributed by atoms with Crippen LogP contribution in [-0.4, -0.2) is 14.8 Å². The molecule has 0 fully saturated rings. The highest BCUT2D eigenvalue weighted by Gasteiger charge is 2.05. The molecule has 0 aliphatic heterocycles. The third-order valence-electron chi connectivity index (χ3n) is 3.94. The highest BCUT2D eigenvalue weighted by atomic mass is 79.9. The molecule has 0 atom stereocenters. The zero-order valence-electron chi connectivity index (χ0n) is 12.6. The Bertz CT molecular complexity index is 987. The molecule has 0 saturated heterocycles. The monoisotopic (exact) mass is 363 g/mol. The molecule has 2 heterocycles. The van der Waals surface area contributed by atoms with E-state index in [9.17, 15) is 0 Å². The van der Waals surface area contributed by atoms with Crippen molar-refractivity contribution in [2.45, 2.75) is 0 Å². The van der Waals surface area contributed by atoms with Gasteiger partial charge in [0.05, 0.1) is 11.7 Å². The highest BCUT2D eigenvalue weighted by Crippen LogP contribution is 2.29. The predicted octanol–water partition coefficient (Wildman–Crippen LogP) is 5.06. The maximum absolute atomic E-state index is 4.39. The van der Waals surface area contributed by atoms with Gasteiger partial charge in [-0.3, -0.25) is 9.67 Å². The minimum absolute atomic E-state index is 0.995. The Kier molecular flexibility index (Phi) is 3.46. The van der Waals surface area contributed by atoms with Crippen LogP contribution in [0.2, 0.25) is 0 Å². The van der Waals surface area contributed by atoms with E-state index in [1.165, 1.54) is 16.7 Å². The third kappa shape index (κ3) is 2.66. The van der Waals surface area contributed by atoms with E-state index >= 15 is 0 Å². The molecule has 0 bridgehead atoms. The molecule has 4 aromatic rings. The van der Waals surface area contributed by atoms with Crippen LogP contribution in [0.25, 0.3) is 33.2 Å². The number of hydrogen-bond acceptors (Lipinski definition) is 2. The van der Waals surface area contributed by atoms with Gasteiger partial charge in [-0.1, -0.05) is 46.3 Å². The topological polar surface area (TPSA) is 30.7 Å². The van der Waals surface area contributed by atoms with Gasteiger partial charge in [-0.15, -0.1) is 0 Å². The first kappa shape index (κ1) is 14.2. The van der Waals surface area contributed by atoms with Crippen LogP contribution in [-0.2, 0) is 7.05 Å². The lowest BCUT2D eigenvalue weighted by atomic mass is 10.0. The fourth-order valence-corrected chi connectivity index (χ4v) is 3.15. The fourth-order valence-electron chi connectivity index (χ4n) is 2.72. The minimum atomic E-state index is 0.995. The summed E-state index contributed by atoms with van der Waals surface area (Å²) in [4.78, 5) is 4.39. The quantitative estimate of drug-likeness (QED) is 0.498. The number of aryl methyl sites for hydroxylation is 1. The molecule has 2 aromatic carbocycles. The van der Waals surface area contributed by atoms with Crippen LogP contribution in [0.15, 0.2) is 71.6 Å². The smallest absolute Gasteiger partial charge is 0.0713 e. The van der Waals surface area contributed by atoms with Crippen LogP contribution in [0, 0.1) is 0 Å². The Morgan fingerprint density at radius 1 is 0.870 bits per heavy atom. The van der Waals surface area contributed by atoms with Crippen molar-refractivity contribution < 1.29 is 0 Å². The molecular formula is C19H14BrN3. The summed E-state index contributed by atoms with van der Waals surface area (Å²) in [6.45, 7) is 0. The van der Waals surface area contributed by atoms with Gasteiger partial charge in [0.25, 0.3) is 0 Å². The second kappa shape index (κ2) is 5.63. The maximum atomic E-state index is 4.39. The summed E-state index contributed by atoms with van der Waals surface area (Å²) in [7, 11) is 1.93. The van der Waals surface area contributed by atoms with Gasteiger partial charge < -0.3 is 0 Å². The highest BCUT2D eigenvalue weighted by molar-refractivity contribution is 9.10. The molecule has 0 radical (unpaired) electrons. The molecular weight excluding hydrogens is 350 g/mol. The number of benzene rings is 2. The summed E-state index contributed by atoms with van der Waals surface area (Å²) in [5.41, 5.74) is 5.67. The Balaban J connectivity index is 1.74. The molecule has 3 nitrogen and oxygen atoms in total. The summed E-state index contributed by atoms with van der Waals surface area (Å²) < 4.78 is 2.88. The van der Waals surface area contributed by atoms with Gasteiger partial charge >= 0.3 is 0 Å². The summed E-state index contributed by atoms with van der Waals surface area (Å²) in [5, 5.41) is 5.35. The molecule has 2 aromatic heterocycles. The van der Waals surface area contributed by atoms with Crippen molar-refractivity contribution in [3.63, 3.8) is 0 Å². The van der Waals surface area contributed by atoms with Crippen LogP contribution in [0.1, 0.15) is 0 Å². The van der Waals surface area contributed by atoms with E-state index in [0.29, 0.717) is 0 Å². The van der Waals surface area contributed by atoms with E-state index < -0.39 is 0 Å². The molecule has 0 aliphatic rings. The summed E-state index contributed by atoms with van der Waals surface area (Å²) in [5.74, 6) is 0. The van der Waals surface area contributed by atoms with Crippen LogP contribution >= 0.6 is 15.9 Å². The summed E-state index contributed by atoms with van der Waals surface area (Å²) >= 11 is 3.60.